The molecule has 0 rings (SSSR count). The smallest absolute Gasteiger partial charge is 0.361 e. The van der Waals surface area contributed by atoms with Gasteiger partial charge in [-0.15, -0.1) is 0 Å². The molecule has 0 radical (unpaired) electrons. The summed E-state index contributed by atoms with van der Waals surface area (Å²) < 4.78 is 22.8. The molecule has 0 saturated carbocycles. The second-order valence-corrected chi connectivity index (χ2v) is 21.3. The Kier molecular flexibility index (Phi) is 52.5. The summed E-state index contributed by atoms with van der Waals surface area (Å²) in [5.41, 5.74) is 0. The summed E-state index contributed by atoms with van der Waals surface area (Å²) in [6, 6.07) is 0. The molecule has 73 heavy (non-hydrogen) atoms. The van der Waals surface area contributed by atoms with Crippen LogP contribution in [0.1, 0.15) is 258 Å². The lowest BCUT2D eigenvalue weighted by atomic mass is 10.0. The zero-order chi connectivity index (χ0) is 53.4. The SMILES string of the molecule is CC/C=C\C/C=C\C/C=C\C/C=C\C/C=C\CCCC(=O)OC(COC(=O)CCCCCCCCCCCCCCCCCCCCC/C=C\CCCCCCCCCC)COC(OCC[N+](C)(C)C)C(=O)O. The Hall–Kier alpha value is -3.27. The summed E-state index contributed by atoms with van der Waals surface area (Å²) in [6.45, 7) is 4.71. The zero-order valence-corrected chi connectivity index (χ0v) is 48.0. The topological polar surface area (TPSA) is 108 Å². The summed E-state index contributed by atoms with van der Waals surface area (Å²) >= 11 is 0. The lowest BCUT2D eigenvalue weighted by molar-refractivity contribution is -0.870. The maximum absolute atomic E-state index is 12.8. The molecule has 0 aliphatic carbocycles. The van der Waals surface area contributed by atoms with Crippen molar-refractivity contribution in [1.29, 1.82) is 0 Å². The Bertz CT molecular complexity index is 1420. The lowest BCUT2D eigenvalue weighted by Crippen LogP contribution is -2.40. The number of carboxylic acid groups (broad SMARTS) is 1. The molecule has 0 spiro atoms. The van der Waals surface area contributed by atoms with Crippen molar-refractivity contribution in [3.63, 3.8) is 0 Å². The van der Waals surface area contributed by atoms with Gasteiger partial charge in [0.2, 0.25) is 0 Å². The quantitative estimate of drug-likeness (QED) is 0.0211. The molecule has 0 aromatic heterocycles. The number of ether oxygens (including phenoxy) is 4. The van der Waals surface area contributed by atoms with Gasteiger partial charge in [-0.1, -0.05) is 241 Å². The van der Waals surface area contributed by atoms with Gasteiger partial charge in [0.1, 0.15) is 13.2 Å². The van der Waals surface area contributed by atoms with Gasteiger partial charge in [-0.25, -0.2) is 4.79 Å². The van der Waals surface area contributed by atoms with Crippen molar-refractivity contribution in [2.75, 3.05) is 47.5 Å². The van der Waals surface area contributed by atoms with E-state index in [-0.39, 0.29) is 38.6 Å². The van der Waals surface area contributed by atoms with E-state index < -0.39 is 24.3 Å². The monoisotopic (exact) mass is 1020 g/mol. The molecule has 1 N–H and O–H groups in total. The number of esters is 2. The van der Waals surface area contributed by atoms with Gasteiger partial charge in [0, 0.05) is 12.8 Å². The summed E-state index contributed by atoms with van der Waals surface area (Å²) in [6.07, 6.45) is 68.7. The van der Waals surface area contributed by atoms with E-state index >= 15 is 0 Å². The number of quaternary nitrogens is 1. The first-order valence-electron chi connectivity index (χ1n) is 30.1. The molecule has 0 heterocycles. The van der Waals surface area contributed by atoms with Crippen LogP contribution in [0.3, 0.4) is 0 Å². The summed E-state index contributed by atoms with van der Waals surface area (Å²) in [4.78, 5) is 37.4. The minimum Gasteiger partial charge on any atom is -0.477 e. The average Bonchev–Trinajstić information content (AvgIpc) is 3.36. The fourth-order valence-electron chi connectivity index (χ4n) is 8.34. The first-order chi connectivity index (χ1) is 35.6. The fraction of sp³-hybridized carbons (Fsp3) is 0.766. The van der Waals surface area contributed by atoms with Gasteiger partial charge in [0.05, 0.1) is 34.4 Å². The third-order valence-electron chi connectivity index (χ3n) is 12.9. The minimum atomic E-state index is -1.53. The lowest BCUT2D eigenvalue weighted by Gasteiger charge is -2.25. The Balaban J connectivity index is 4.15. The van der Waals surface area contributed by atoms with Gasteiger partial charge in [0.25, 0.3) is 6.29 Å². The molecular weight excluding hydrogens is 911 g/mol. The number of hydrogen-bond donors (Lipinski definition) is 1. The van der Waals surface area contributed by atoms with Crippen LogP contribution in [-0.4, -0.2) is 87.4 Å². The summed E-state index contributed by atoms with van der Waals surface area (Å²) in [5, 5.41) is 9.69. The van der Waals surface area contributed by atoms with Gasteiger partial charge >= 0.3 is 17.9 Å². The summed E-state index contributed by atoms with van der Waals surface area (Å²) in [7, 11) is 5.95. The van der Waals surface area contributed by atoms with Crippen LogP contribution < -0.4 is 0 Å². The van der Waals surface area contributed by atoms with Crippen molar-refractivity contribution >= 4 is 17.9 Å². The van der Waals surface area contributed by atoms with Crippen LogP contribution in [0.2, 0.25) is 0 Å². The highest BCUT2D eigenvalue weighted by atomic mass is 16.7. The van der Waals surface area contributed by atoms with E-state index in [9.17, 15) is 19.5 Å². The molecule has 0 aliphatic rings. The second kappa shape index (κ2) is 55.0. The van der Waals surface area contributed by atoms with Gasteiger partial charge < -0.3 is 28.5 Å². The minimum absolute atomic E-state index is 0.175. The molecule has 0 bridgehead atoms. The van der Waals surface area contributed by atoms with E-state index in [1.807, 2.05) is 21.1 Å². The molecule has 0 aromatic carbocycles. The van der Waals surface area contributed by atoms with Crippen molar-refractivity contribution in [2.24, 2.45) is 0 Å². The number of nitrogens with zero attached hydrogens (tertiary/aromatic N) is 1. The number of carbonyl (C=O) groups excluding carboxylic acids is 2. The Labute approximate surface area is 449 Å². The van der Waals surface area contributed by atoms with E-state index in [1.165, 1.54) is 167 Å². The van der Waals surface area contributed by atoms with Crippen LogP contribution in [0.15, 0.2) is 72.9 Å². The Morgan fingerprint density at radius 3 is 1.22 bits per heavy atom. The molecule has 0 fully saturated rings. The van der Waals surface area contributed by atoms with Gasteiger partial charge in [0.15, 0.2) is 6.10 Å². The predicted octanol–water partition coefficient (Wildman–Crippen LogP) is 17.8. The maximum Gasteiger partial charge on any atom is 0.361 e. The normalized spacial score (nSPS) is 13.3. The Morgan fingerprint density at radius 2 is 0.795 bits per heavy atom. The van der Waals surface area contributed by atoms with Crippen LogP contribution in [0, 0.1) is 0 Å². The largest absolute Gasteiger partial charge is 0.477 e. The molecular formula is C64H114NO8+. The molecule has 422 valence electrons. The van der Waals surface area contributed by atoms with Crippen molar-refractivity contribution in [3.05, 3.63) is 72.9 Å². The average molecular weight is 1030 g/mol. The third-order valence-corrected chi connectivity index (χ3v) is 12.9. The molecule has 9 heteroatoms. The van der Waals surface area contributed by atoms with Crippen molar-refractivity contribution < 1.29 is 42.9 Å². The first kappa shape index (κ1) is 69.7. The van der Waals surface area contributed by atoms with Crippen LogP contribution in [0.4, 0.5) is 0 Å². The van der Waals surface area contributed by atoms with Crippen molar-refractivity contribution in [2.45, 2.75) is 270 Å². The zero-order valence-electron chi connectivity index (χ0n) is 48.0. The van der Waals surface area contributed by atoms with Crippen LogP contribution in [-0.2, 0) is 33.3 Å². The van der Waals surface area contributed by atoms with Gasteiger partial charge in [-0.3, -0.25) is 9.59 Å². The maximum atomic E-state index is 12.8. The van der Waals surface area contributed by atoms with E-state index in [0.29, 0.717) is 17.4 Å². The van der Waals surface area contributed by atoms with E-state index in [2.05, 4.69) is 86.8 Å². The molecule has 0 amide bonds. The number of unbranched alkanes of at least 4 members (excludes halogenated alkanes) is 28. The standard InChI is InChI=1S/C64H113NO8/c1-6-8-10-12-14-16-18-20-22-24-25-26-27-28-29-30-31-32-33-34-35-36-37-39-40-42-44-46-48-50-52-54-61(66)71-58-60(59-72-64(63(68)69)70-57-56-65(3,4)5)73-62(67)55-53-51-49-47-45-43-41-38-23-21-19-17-15-13-11-9-7-2/h9,11,15,17,21,23-25,41,43,47,49,60,64H,6-8,10,12-14,16,18-20,22,26-40,42,44-46,48,50-59H2,1-5H3/p+1/b11-9-,17-15-,23-21-,25-24-,43-41-,49-47-. The van der Waals surface area contributed by atoms with Crippen molar-refractivity contribution in [3.8, 4) is 0 Å². The van der Waals surface area contributed by atoms with Crippen LogP contribution >= 0.6 is 0 Å². The molecule has 0 aliphatic heterocycles. The highest BCUT2D eigenvalue weighted by molar-refractivity contribution is 5.71. The highest BCUT2D eigenvalue weighted by Crippen LogP contribution is 2.17. The van der Waals surface area contributed by atoms with E-state index in [4.69, 9.17) is 18.9 Å². The van der Waals surface area contributed by atoms with E-state index in [0.717, 1.165) is 57.8 Å². The second-order valence-electron chi connectivity index (χ2n) is 21.3. The van der Waals surface area contributed by atoms with E-state index in [1.54, 1.807) is 0 Å². The predicted molar refractivity (Wildman–Crippen MR) is 309 cm³/mol. The van der Waals surface area contributed by atoms with Gasteiger partial charge in [-0.2, -0.15) is 0 Å². The molecule has 2 atom stereocenters. The number of likely N-dealkylation sites (N-methyl/N-ethyl adjacent to an activating group) is 1. The molecule has 0 aromatic rings. The summed E-state index contributed by atoms with van der Waals surface area (Å²) in [5.74, 6) is -2.08. The molecule has 0 saturated heterocycles. The third kappa shape index (κ3) is 56.3. The first-order valence-corrected chi connectivity index (χ1v) is 30.1. The molecule has 2 unspecified atom stereocenters. The van der Waals surface area contributed by atoms with Crippen molar-refractivity contribution in [1.82, 2.24) is 0 Å². The highest BCUT2D eigenvalue weighted by Gasteiger charge is 2.25. The number of carboxylic acids is 1. The number of allylic oxidation sites excluding steroid dienone is 12. The van der Waals surface area contributed by atoms with Gasteiger partial charge in [-0.05, 0) is 77.0 Å². The van der Waals surface area contributed by atoms with Crippen LogP contribution in [0.5, 0.6) is 0 Å². The number of rotatable bonds is 55. The Morgan fingerprint density at radius 1 is 0.425 bits per heavy atom. The molecule has 9 nitrogen and oxygen atoms in total. The fourth-order valence-corrected chi connectivity index (χ4v) is 8.34. The van der Waals surface area contributed by atoms with Crippen LogP contribution in [0.25, 0.3) is 0 Å². The number of hydrogen-bond acceptors (Lipinski definition) is 7. The number of aliphatic carboxylic acids is 1. The number of carbonyl (C=O) groups is 3.